The highest BCUT2D eigenvalue weighted by Crippen LogP contribution is 2.28. The van der Waals surface area contributed by atoms with Crippen molar-refractivity contribution in [3.8, 4) is 0 Å². The Morgan fingerprint density at radius 2 is 1.47 bits per heavy atom. The van der Waals surface area contributed by atoms with Crippen molar-refractivity contribution >= 4 is 21.4 Å². The highest BCUT2D eigenvalue weighted by Gasteiger charge is 2.27. The lowest BCUT2D eigenvalue weighted by Crippen LogP contribution is -2.15. The fraction of sp³-hybridized carbons (Fsp3) is 0.167. The molecule has 8 nitrogen and oxygen atoms in total. The summed E-state index contributed by atoms with van der Waals surface area (Å²) < 4.78 is 96.4. The maximum atomic E-state index is 14.0. The van der Waals surface area contributed by atoms with Gasteiger partial charge in [0, 0.05) is 12.1 Å². The molecule has 1 aromatic heterocycles. The van der Waals surface area contributed by atoms with Gasteiger partial charge in [-0.15, -0.1) is 0 Å². The van der Waals surface area contributed by atoms with Gasteiger partial charge in [0.05, 0.1) is 39.0 Å². The SMILES string of the molecule is Cc1nn(Cc2c(F)c(F)c(F)c(F)c2F)c(C)c1NS(=O)(=O)c1ccc([N+](=O)[O-])cc1. The number of sulfonamides is 1. The molecule has 1 heterocycles. The molecule has 0 spiro atoms. The second-order valence-electron chi connectivity index (χ2n) is 6.61. The molecule has 0 unspecified atom stereocenters. The van der Waals surface area contributed by atoms with E-state index in [0.29, 0.717) is 0 Å². The number of hydrogen-bond acceptors (Lipinski definition) is 5. The van der Waals surface area contributed by atoms with Crippen LogP contribution in [0.15, 0.2) is 29.2 Å². The summed E-state index contributed by atoms with van der Waals surface area (Å²) >= 11 is 0. The molecule has 0 saturated heterocycles. The minimum Gasteiger partial charge on any atom is -0.276 e. The standard InChI is InChI=1S/C18H13F5N4O4S/c1-8-18(25-32(30,31)11-5-3-10(4-6-11)27(28)29)9(2)26(24-8)7-12-13(19)15(21)17(23)16(22)14(12)20/h3-6,25H,7H2,1-2H3. The molecule has 0 aliphatic carbocycles. The van der Waals surface area contributed by atoms with E-state index >= 15 is 0 Å². The summed E-state index contributed by atoms with van der Waals surface area (Å²) in [6.45, 7) is 1.81. The van der Waals surface area contributed by atoms with Gasteiger partial charge in [0.15, 0.2) is 23.3 Å². The summed E-state index contributed by atoms with van der Waals surface area (Å²) in [7, 11) is -4.24. The van der Waals surface area contributed by atoms with Crippen LogP contribution in [0.2, 0.25) is 0 Å². The average Bonchev–Trinajstić information content (AvgIpc) is 3.01. The first-order chi connectivity index (χ1) is 14.8. The number of nitrogens with one attached hydrogen (secondary N) is 1. The van der Waals surface area contributed by atoms with Crippen molar-refractivity contribution in [3.05, 3.63) is 80.4 Å². The molecule has 14 heteroatoms. The zero-order valence-corrected chi connectivity index (χ0v) is 17.1. The largest absolute Gasteiger partial charge is 0.276 e. The minimum absolute atomic E-state index is 0.0249. The van der Waals surface area contributed by atoms with Crippen molar-refractivity contribution in [2.45, 2.75) is 25.3 Å². The molecule has 3 aromatic rings. The lowest BCUT2D eigenvalue weighted by Gasteiger charge is -2.11. The van der Waals surface area contributed by atoms with Crippen LogP contribution < -0.4 is 4.72 Å². The summed E-state index contributed by atoms with van der Waals surface area (Å²) in [6, 6.07) is 3.98. The third-order valence-electron chi connectivity index (χ3n) is 4.58. The van der Waals surface area contributed by atoms with E-state index in [-0.39, 0.29) is 27.7 Å². The van der Waals surface area contributed by atoms with Gasteiger partial charge in [-0.25, -0.2) is 30.4 Å². The average molecular weight is 476 g/mol. The number of nitro benzene ring substituents is 1. The van der Waals surface area contributed by atoms with Crippen LogP contribution >= 0.6 is 0 Å². The van der Waals surface area contributed by atoms with Crippen molar-refractivity contribution in [2.24, 2.45) is 0 Å². The Kier molecular flexibility index (Phi) is 5.91. The third kappa shape index (κ3) is 4.00. The number of halogens is 5. The first kappa shape index (κ1) is 23.1. The summed E-state index contributed by atoms with van der Waals surface area (Å²) in [5.41, 5.74) is -1.48. The Morgan fingerprint density at radius 1 is 0.969 bits per heavy atom. The van der Waals surface area contributed by atoms with Crippen molar-refractivity contribution in [2.75, 3.05) is 4.72 Å². The molecule has 32 heavy (non-hydrogen) atoms. The van der Waals surface area contributed by atoms with Gasteiger partial charge >= 0.3 is 0 Å². The summed E-state index contributed by atoms with van der Waals surface area (Å²) in [4.78, 5) is 9.69. The monoisotopic (exact) mass is 476 g/mol. The summed E-state index contributed by atoms with van der Waals surface area (Å²) in [6.07, 6.45) is 0. The number of aromatic nitrogens is 2. The number of aryl methyl sites for hydroxylation is 1. The second-order valence-corrected chi connectivity index (χ2v) is 8.29. The van der Waals surface area contributed by atoms with E-state index in [4.69, 9.17) is 0 Å². The number of hydrogen-bond donors (Lipinski definition) is 1. The normalized spacial score (nSPS) is 11.6. The lowest BCUT2D eigenvalue weighted by molar-refractivity contribution is -0.384. The van der Waals surface area contributed by atoms with Gasteiger partial charge in [0.25, 0.3) is 15.7 Å². The molecule has 0 bridgehead atoms. The zero-order chi connectivity index (χ0) is 24.0. The van der Waals surface area contributed by atoms with Crippen LogP contribution in [0, 0.1) is 53.0 Å². The Morgan fingerprint density at radius 3 is 1.97 bits per heavy atom. The fourth-order valence-corrected chi connectivity index (χ4v) is 4.05. The zero-order valence-electron chi connectivity index (χ0n) is 16.3. The third-order valence-corrected chi connectivity index (χ3v) is 5.95. The second kappa shape index (κ2) is 8.18. The Hall–Kier alpha value is -3.55. The fourth-order valence-electron chi connectivity index (χ4n) is 2.88. The Bertz CT molecular complexity index is 1310. The number of nitro groups is 1. The number of non-ortho nitro benzene ring substituents is 1. The summed E-state index contributed by atoms with van der Waals surface area (Å²) in [5.74, 6) is -10.6. The molecular formula is C18H13F5N4O4S. The highest BCUT2D eigenvalue weighted by atomic mass is 32.2. The summed E-state index contributed by atoms with van der Waals surface area (Å²) in [5, 5.41) is 14.6. The molecule has 0 amide bonds. The van der Waals surface area contributed by atoms with Crippen molar-refractivity contribution in [1.82, 2.24) is 9.78 Å². The quantitative estimate of drug-likeness (QED) is 0.191. The maximum Gasteiger partial charge on any atom is 0.269 e. The predicted octanol–water partition coefficient (Wildman–Crippen LogP) is 3.95. The molecule has 0 atom stereocenters. The van der Waals surface area contributed by atoms with E-state index in [1.165, 1.54) is 13.8 Å². The molecule has 170 valence electrons. The van der Waals surface area contributed by atoms with E-state index in [1.807, 2.05) is 0 Å². The molecule has 0 saturated carbocycles. The topological polar surface area (TPSA) is 107 Å². The smallest absolute Gasteiger partial charge is 0.269 e. The van der Waals surface area contributed by atoms with Crippen LogP contribution in [-0.4, -0.2) is 23.1 Å². The molecular weight excluding hydrogens is 463 g/mol. The van der Waals surface area contributed by atoms with E-state index in [0.717, 1.165) is 28.9 Å². The highest BCUT2D eigenvalue weighted by molar-refractivity contribution is 7.92. The lowest BCUT2D eigenvalue weighted by atomic mass is 10.1. The van der Waals surface area contributed by atoms with Crippen LogP contribution in [0.3, 0.4) is 0 Å². The molecule has 3 rings (SSSR count). The van der Waals surface area contributed by atoms with E-state index in [1.54, 1.807) is 0 Å². The maximum absolute atomic E-state index is 14.0. The Balaban J connectivity index is 1.96. The molecule has 0 fully saturated rings. The van der Waals surface area contributed by atoms with Gasteiger partial charge in [-0.1, -0.05) is 0 Å². The van der Waals surface area contributed by atoms with Gasteiger partial charge in [-0.3, -0.25) is 19.5 Å². The van der Waals surface area contributed by atoms with Gasteiger partial charge < -0.3 is 0 Å². The number of rotatable bonds is 6. The number of nitrogens with zero attached hydrogens (tertiary/aromatic N) is 3. The van der Waals surface area contributed by atoms with Crippen molar-refractivity contribution in [1.29, 1.82) is 0 Å². The van der Waals surface area contributed by atoms with E-state index in [9.17, 15) is 40.5 Å². The van der Waals surface area contributed by atoms with Gasteiger partial charge in [-0.05, 0) is 26.0 Å². The number of anilines is 1. The minimum atomic E-state index is -4.24. The molecule has 0 aliphatic rings. The van der Waals surface area contributed by atoms with E-state index in [2.05, 4.69) is 9.82 Å². The van der Waals surface area contributed by atoms with Crippen LogP contribution in [0.25, 0.3) is 0 Å². The predicted molar refractivity (Wildman–Crippen MR) is 101 cm³/mol. The van der Waals surface area contributed by atoms with E-state index < -0.39 is 56.1 Å². The molecule has 2 aromatic carbocycles. The molecule has 0 aliphatic heterocycles. The Labute approximate surface area is 177 Å². The van der Waals surface area contributed by atoms with Gasteiger partial charge in [-0.2, -0.15) is 5.10 Å². The first-order valence-electron chi connectivity index (χ1n) is 8.66. The van der Waals surface area contributed by atoms with Crippen LogP contribution in [0.1, 0.15) is 17.0 Å². The van der Waals surface area contributed by atoms with Crippen LogP contribution in [-0.2, 0) is 16.6 Å². The van der Waals surface area contributed by atoms with Crippen molar-refractivity contribution < 1.29 is 35.3 Å². The van der Waals surface area contributed by atoms with Crippen LogP contribution in [0.5, 0.6) is 0 Å². The van der Waals surface area contributed by atoms with Gasteiger partial charge in [0.2, 0.25) is 5.82 Å². The molecule has 1 N–H and O–H groups in total. The van der Waals surface area contributed by atoms with Gasteiger partial charge in [0.1, 0.15) is 0 Å². The van der Waals surface area contributed by atoms with Crippen molar-refractivity contribution in [3.63, 3.8) is 0 Å². The molecule has 0 radical (unpaired) electrons. The van der Waals surface area contributed by atoms with Crippen LogP contribution in [0.4, 0.5) is 33.3 Å². The number of benzene rings is 2. The first-order valence-corrected chi connectivity index (χ1v) is 10.1.